The summed E-state index contributed by atoms with van der Waals surface area (Å²) in [6.07, 6.45) is 0. The van der Waals surface area contributed by atoms with Gasteiger partial charge in [-0.2, -0.15) is 0 Å². The van der Waals surface area contributed by atoms with E-state index in [2.05, 4.69) is 10.6 Å². The molecule has 0 fully saturated rings. The van der Waals surface area contributed by atoms with Crippen LogP contribution in [0, 0.1) is 0 Å². The van der Waals surface area contributed by atoms with Crippen molar-refractivity contribution < 1.29 is 14.7 Å². The van der Waals surface area contributed by atoms with Crippen molar-refractivity contribution in [2.45, 2.75) is 12.6 Å². The summed E-state index contributed by atoms with van der Waals surface area (Å²) < 4.78 is 0. The number of carbonyl (C=O) groups excluding carboxylic acids is 1. The van der Waals surface area contributed by atoms with Crippen molar-refractivity contribution >= 4 is 17.6 Å². The van der Waals surface area contributed by atoms with Gasteiger partial charge in [-0.05, 0) is 11.6 Å². The van der Waals surface area contributed by atoms with E-state index in [9.17, 15) is 9.59 Å². The Morgan fingerprint density at radius 3 is 2.87 bits per heavy atom. The molecule has 0 saturated heterocycles. The molecule has 78 valence electrons. The van der Waals surface area contributed by atoms with Gasteiger partial charge in [0.1, 0.15) is 0 Å². The van der Waals surface area contributed by atoms with Crippen LogP contribution in [0.3, 0.4) is 0 Å². The highest BCUT2D eigenvalue weighted by molar-refractivity contribution is 6.08. The van der Waals surface area contributed by atoms with Gasteiger partial charge in [-0.15, -0.1) is 0 Å². The molecule has 2 rings (SSSR count). The van der Waals surface area contributed by atoms with Crippen LogP contribution in [-0.2, 0) is 16.1 Å². The maximum atomic E-state index is 11.5. The standard InChI is InChI=1S/C10H10N2O3/c13-9-8(10(14)15)11-5-6-3-1-2-4-7(6)12-9/h1-4,8,11H,5H2,(H,12,13)(H,14,15). The Kier molecular flexibility index (Phi) is 2.39. The molecular weight excluding hydrogens is 196 g/mol. The highest BCUT2D eigenvalue weighted by Crippen LogP contribution is 2.17. The van der Waals surface area contributed by atoms with Crippen molar-refractivity contribution in [3.8, 4) is 0 Å². The number of nitrogens with one attached hydrogen (secondary N) is 2. The summed E-state index contributed by atoms with van der Waals surface area (Å²) in [7, 11) is 0. The first kappa shape index (κ1) is 9.67. The lowest BCUT2D eigenvalue weighted by Crippen LogP contribution is -2.44. The largest absolute Gasteiger partial charge is 0.480 e. The molecule has 1 heterocycles. The summed E-state index contributed by atoms with van der Waals surface area (Å²) >= 11 is 0. The molecule has 0 saturated carbocycles. The molecule has 5 nitrogen and oxygen atoms in total. The first-order valence-corrected chi connectivity index (χ1v) is 4.53. The lowest BCUT2D eigenvalue weighted by atomic mass is 10.2. The van der Waals surface area contributed by atoms with E-state index in [1.54, 1.807) is 12.1 Å². The summed E-state index contributed by atoms with van der Waals surface area (Å²) in [6.45, 7) is 0.367. The summed E-state index contributed by atoms with van der Waals surface area (Å²) in [5.74, 6) is -1.70. The average molecular weight is 206 g/mol. The quantitative estimate of drug-likeness (QED) is 0.573. The average Bonchev–Trinajstić information content (AvgIpc) is 2.35. The van der Waals surface area contributed by atoms with Gasteiger partial charge < -0.3 is 10.4 Å². The van der Waals surface area contributed by atoms with Crippen molar-refractivity contribution in [2.75, 3.05) is 5.32 Å². The third kappa shape index (κ3) is 1.82. The van der Waals surface area contributed by atoms with E-state index < -0.39 is 17.9 Å². The summed E-state index contributed by atoms with van der Waals surface area (Å²) in [6, 6.07) is 6.04. The SMILES string of the molecule is O=C(O)C1NCc2ccccc2NC1=O. The molecule has 0 aliphatic carbocycles. The summed E-state index contributed by atoms with van der Waals surface area (Å²) in [5, 5.41) is 14.0. The molecule has 0 radical (unpaired) electrons. The van der Waals surface area contributed by atoms with E-state index in [0.29, 0.717) is 12.2 Å². The molecule has 1 aromatic carbocycles. The van der Waals surface area contributed by atoms with E-state index in [-0.39, 0.29) is 0 Å². The van der Waals surface area contributed by atoms with E-state index in [1.807, 2.05) is 12.1 Å². The molecule has 3 N–H and O–H groups in total. The van der Waals surface area contributed by atoms with Crippen LogP contribution in [-0.4, -0.2) is 23.0 Å². The molecule has 5 heteroatoms. The monoisotopic (exact) mass is 206 g/mol. The number of hydrogen-bond acceptors (Lipinski definition) is 3. The highest BCUT2D eigenvalue weighted by Gasteiger charge is 2.28. The minimum atomic E-state index is -1.18. The van der Waals surface area contributed by atoms with Crippen molar-refractivity contribution in [3.63, 3.8) is 0 Å². The maximum Gasteiger partial charge on any atom is 0.330 e. The molecule has 1 aliphatic heterocycles. The molecule has 1 amide bonds. The Hall–Kier alpha value is -1.88. The molecule has 1 unspecified atom stereocenters. The van der Waals surface area contributed by atoms with Crippen molar-refractivity contribution in [1.29, 1.82) is 0 Å². The number of benzene rings is 1. The number of para-hydroxylation sites is 1. The van der Waals surface area contributed by atoms with Gasteiger partial charge in [-0.25, -0.2) is 4.79 Å². The van der Waals surface area contributed by atoms with Gasteiger partial charge >= 0.3 is 5.97 Å². The van der Waals surface area contributed by atoms with Gasteiger partial charge in [0.25, 0.3) is 5.91 Å². The van der Waals surface area contributed by atoms with Crippen LogP contribution >= 0.6 is 0 Å². The van der Waals surface area contributed by atoms with Crippen LogP contribution < -0.4 is 10.6 Å². The topological polar surface area (TPSA) is 78.4 Å². The number of anilines is 1. The van der Waals surface area contributed by atoms with Crippen LogP contribution in [0.15, 0.2) is 24.3 Å². The second-order valence-corrected chi connectivity index (χ2v) is 3.30. The lowest BCUT2D eigenvalue weighted by molar-refractivity contribution is -0.142. The van der Waals surface area contributed by atoms with Gasteiger partial charge in [0, 0.05) is 12.2 Å². The van der Waals surface area contributed by atoms with Gasteiger partial charge in [-0.3, -0.25) is 10.1 Å². The fourth-order valence-corrected chi connectivity index (χ4v) is 1.51. The van der Waals surface area contributed by atoms with Crippen LogP contribution in [0.4, 0.5) is 5.69 Å². The molecule has 1 aromatic rings. The Labute approximate surface area is 86.1 Å². The first-order valence-electron chi connectivity index (χ1n) is 4.53. The first-order chi connectivity index (χ1) is 7.18. The molecule has 0 spiro atoms. The molecular formula is C10H10N2O3. The molecule has 0 bridgehead atoms. The Balaban J connectivity index is 2.30. The predicted molar refractivity (Wildman–Crippen MR) is 53.3 cm³/mol. The summed E-state index contributed by atoms with van der Waals surface area (Å²) in [5.41, 5.74) is 1.55. The lowest BCUT2D eigenvalue weighted by Gasteiger charge is -2.08. The minimum Gasteiger partial charge on any atom is -0.480 e. The number of rotatable bonds is 1. The maximum absolute atomic E-state index is 11.5. The van der Waals surface area contributed by atoms with E-state index in [1.165, 1.54) is 0 Å². The van der Waals surface area contributed by atoms with Crippen molar-refractivity contribution in [2.24, 2.45) is 0 Å². The van der Waals surface area contributed by atoms with Crippen LogP contribution in [0.25, 0.3) is 0 Å². The van der Waals surface area contributed by atoms with E-state index in [0.717, 1.165) is 5.56 Å². The van der Waals surface area contributed by atoms with Gasteiger partial charge in [-0.1, -0.05) is 18.2 Å². The fraction of sp³-hybridized carbons (Fsp3) is 0.200. The Morgan fingerprint density at radius 1 is 1.40 bits per heavy atom. The van der Waals surface area contributed by atoms with Crippen molar-refractivity contribution in [3.05, 3.63) is 29.8 Å². The minimum absolute atomic E-state index is 0.367. The van der Waals surface area contributed by atoms with Gasteiger partial charge in [0.2, 0.25) is 0 Å². The van der Waals surface area contributed by atoms with Crippen molar-refractivity contribution in [1.82, 2.24) is 5.32 Å². The fourth-order valence-electron chi connectivity index (χ4n) is 1.51. The number of aliphatic carboxylic acids is 1. The summed E-state index contributed by atoms with van der Waals surface area (Å²) in [4.78, 5) is 22.2. The third-order valence-electron chi connectivity index (χ3n) is 2.28. The second kappa shape index (κ2) is 3.70. The van der Waals surface area contributed by atoms with Crippen LogP contribution in [0.5, 0.6) is 0 Å². The zero-order valence-corrected chi connectivity index (χ0v) is 7.86. The van der Waals surface area contributed by atoms with Crippen LogP contribution in [0.1, 0.15) is 5.56 Å². The number of amides is 1. The Bertz CT molecular complexity index is 417. The van der Waals surface area contributed by atoms with Gasteiger partial charge in [0.15, 0.2) is 6.04 Å². The number of hydrogen-bond donors (Lipinski definition) is 3. The van der Waals surface area contributed by atoms with Crippen LogP contribution in [0.2, 0.25) is 0 Å². The second-order valence-electron chi connectivity index (χ2n) is 3.30. The number of carboxylic acids is 1. The van der Waals surface area contributed by atoms with E-state index in [4.69, 9.17) is 5.11 Å². The third-order valence-corrected chi connectivity index (χ3v) is 2.28. The number of fused-ring (bicyclic) bond motifs is 1. The number of carboxylic acid groups (broad SMARTS) is 1. The molecule has 1 aliphatic rings. The zero-order valence-electron chi connectivity index (χ0n) is 7.86. The Morgan fingerprint density at radius 2 is 2.13 bits per heavy atom. The molecule has 0 aromatic heterocycles. The smallest absolute Gasteiger partial charge is 0.330 e. The molecule has 1 atom stereocenters. The predicted octanol–water partition coefficient (Wildman–Crippen LogP) is 0.181. The number of carbonyl (C=O) groups is 2. The zero-order chi connectivity index (χ0) is 10.8. The molecule has 15 heavy (non-hydrogen) atoms. The van der Waals surface area contributed by atoms with Gasteiger partial charge in [0.05, 0.1) is 0 Å². The normalized spacial score (nSPS) is 20.0. The highest BCUT2D eigenvalue weighted by atomic mass is 16.4. The van der Waals surface area contributed by atoms with E-state index >= 15 is 0 Å².